The van der Waals surface area contributed by atoms with E-state index >= 15 is 0 Å². The van der Waals surface area contributed by atoms with Crippen LogP contribution in [0, 0.1) is 12.7 Å². The minimum atomic E-state index is -0.778. The summed E-state index contributed by atoms with van der Waals surface area (Å²) >= 11 is 0. The van der Waals surface area contributed by atoms with Crippen molar-refractivity contribution in [3.63, 3.8) is 0 Å². The average molecular weight is 408 g/mol. The van der Waals surface area contributed by atoms with Crippen molar-refractivity contribution in [1.82, 2.24) is 14.8 Å². The summed E-state index contributed by atoms with van der Waals surface area (Å²) in [5, 5.41) is 11.2. The Hall–Kier alpha value is -3.22. The smallest absolute Gasteiger partial charge is 0.265 e. The Balaban J connectivity index is 1.51. The lowest BCUT2D eigenvalue weighted by Gasteiger charge is -2.16. The maximum Gasteiger partial charge on any atom is 0.265 e. The van der Waals surface area contributed by atoms with Crippen molar-refractivity contribution >= 4 is 11.6 Å². The number of rotatable bonds is 5. The van der Waals surface area contributed by atoms with Crippen molar-refractivity contribution in [1.29, 1.82) is 0 Å². The first-order valence-electron chi connectivity index (χ1n) is 10.3. The molecular formula is C23H25FN4O2. The number of aromatic nitrogens is 3. The molecule has 30 heavy (non-hydrogen) atoms. The molecule has 0 radical (unpaired) electrons. The van der Waals surface area contributed by atoms with E-state index in [-0.39, 0.29) is 5.69 Å². The molecule has 1 unspecified atom stereocenters. The molecule has 0 saturated carbocycles. The Labute approximate surface area is 175 Å². The van der Waals surface area contributed by atoms with Crippen LogP contribution in [0.4, 0.5) is 10.1 Å². The molecule has 1 aromatic heterocycles. The molecule has 0 aliphatic carbocycles. The molecule has 0 fully saturated rings. The third-order valence-corrected chi connectivity index (χ3v) is 5.29. The first-order valence-corrected chi connectivity index (χ1v) is 10.3. The second kappa shape index (κ2) is 8.65. The number of hydrogen-bond donors (Lipinski definition) is 1. The summed E-state index contributed by atoms with van der Waals surface area (Å²) in [6.07, 6.45) is 3.44. The third-order valence-electron chi connectivity index (χ3n) is 5.29. The van der Waals surface area contributed by atoms with Gasteiger partial charge in [0.1, 0.15) is 17.4 Å². The molecule has 3 aromatic rings. The monoisotopic (exact) mass is 408 g/mol. The molecule has 1 N–H and O–H groups in total. The number of carbonyl (C=O) groups is 1. The normalized spacial score (nSPS) is 14.5. The Morgan fingerprint density at radius 3 is 2.73 bits per heavy atom. The van der Waals surface area contributed by atoms with Gasteiger partial charge >= 0.3 is 0 Å². The summed E-state index contributed by atoms with van der Waals surface area (Å²) in [5.74, 6) is 1.31. The zero-order valence-corrected chi connectivity index (χ0v) is 17.2. The van der Waals surface area contributed by atoms with Gasteiger partial charge in [-0.15, -0.1) is 10.2 Å². The Kier molecular flexibility index (Phi) is 5.79. The van der Waals surface area contributed by atoms with E-state index in [9.17, 15) is 9.18 Å². The number of aryl methyl sites for hydroxylation is 2. The summed E-state index contributed by atoms with van der Waals surface area (Å²) in [6, 6.07) is 12.0. The highest BCUT2D eigenvalue weighted by molar-refractivity contribution is 5.94. The number of benzene rings is 2. The van der Waals surface area contributed by atoms with Gasteiger partial charge in [-0.25, -0.2) is 4.39 Å². The first kappa shape index (κ1) is 20.1. The van der Waals surface area contributed by atoms with E-state index < -0.39 is 17.8 Å². The third kappa shape index (κ3) is 4.35. The van der Waals surface area contributed by atoms with Crippen molar-refractivity contribution in [3.05, 3.63) is 59.7 Å². The first-order chi connectivity index (χ1) is 14.5. The maximum absolute atomic E-state index is 14.4. The molecule has 1 aliphatic heterocycles. The van der Waals surface area contributed by atoms with Gasteiger partial charge in [0.25, 0.3) is 5.91 Å². The Bertz CT molecular complexity index is 1050. The van der Waals surface area contributed by atoms with Crippen LogP contribution in [0.15, 0.2) is 42.5 Å². The average Bonchev–Trinajstić information content (AvgIpc) is 2.99. The molecule has 1 amide bonds. The minimum absolute atomic E-state index is 0.0998. The van der Waals surface area contributed by atoms with Gasteiger partial charge in [0, 0.05) is 18.5 Å². The summed E-state index contributed by atoms with van der Waals surface area (Å²) in [5.41, 5.74) is 1.92. The van der Waals surface area contributed by atoms with Crippen LogP contribution < -0.4 is 10.1 Å². The van der Waals surface area contributed by atoms with E-state index in [1.54, 1.807) is 31.2 Å². The van der Waals surface area contributed by atoms with Gasteiger partial charge in [-0.2, -0.15) is 0 Å². The summed E-state index contributed by atoms with van der Waals surface area (Å²) in [6.45, 7) is 4.46. The molecule has 4 rings (SSSR count). The van der Waals surface area contributed by atoms with Gasteiger partial charge in [-0.05, 0) is 57.0 Å². The molecule has 0 spiro atoms. The number of fused-ring (bicyclic) bond motifs is 1. The van der Waals surface area contributed by atoms with Crippen LogP contribution in [0.5, 0.6) is 5.75 Å². The van der Waals surface area contributed by atoms with Crippen LogP contribution in [0.2, 0.25) is 0 Å². The van der Waals surface area contributed by atoms with Crippen LogP contribution >= 0.6 is 0 Å². The molecule has 0 saturated heterocycles. The summed E-state index contributed by atoms with van der Waals surface area (Å²) < 4.78 is 22.2. The number of halogens is 1. The van der Waals surface area contributed by atoms with E-state index in [0.29, 0.717) is 11.6 Å². The van der Waals surface area contributed by atoms with Gasteiger partial charge in [0.15, 0.2) is 11.9 Å². The lowest BCUT2D eigenvalue weighted by molar-refractivity contribution is -0.122. The molecule has 2 heterocycles. The standard InChI is InChI=1S/C23H25FN4O2/c1-15-7-10-18(11-8-15)30-16(2)23(29)25-20-14-17(9-12-19(20)24)22-27-26-21-6-4-3-5-13-28(21)22/h7-12,14,16H,3-6,13H2,1-2H3,(H,25,29). The van der Waals surface area contributed by atoms with E-state index in [2.05, 4.69) is 20.1 Å². The second-order valence-corrected chi connectivity index (χ2v) is 7.66. The van der Waals surface area contributed by atoms with Crippen molar-refractivity contribution in [2.24, 2.45) is 0 Å². The number of ether oxygens (including phenoxy) is 1. The van der Waals surface area contributed by atoms with E-state index in [4.69, 9.17) is 4.74 Å². The van der Waals surface area contributed by atoms with Gasteiger partial charge in [0.05, 0.1) is 5.69 Å². The zero-order chi connectivity index (χ0) is 21.1. The topological polar surface area (TPSA) is 69.0 Å². The number of hydrogen-bond acceptors (Lipinski definition) is 4. The predicted molar refractivity (Wildman–Crippen MR) is 113 cm³/mol. The SMILES string of the molecule is Cc1ccc(OC(C)C(=O)Nc2cc(-c3nnc4n3CCCCC4)ccc2F)cc1. The Morgan fingerprint density at radius 2 is 1.93 bits per heavy atom. The van der Waals surface area contributed by atoms with Crippen molar-refractivity contribution in [3.8, 4) is 17.1 Å². The van der Waals surface area contributed by atoms with Crippen LogP contribution in [0.25, 0.3) is 11.4 Å². The Morgan fingerprint density at radius 1 is 1.13 bits per heavy atom. The number of amides is 1. The quantitative estimate of drug-likeness (QED) is 0.674. The minimum Gasteiger partial charge on any atom is -0.481 e. The fraction of sp³-hybridized carbons (Fsp3) is 0.348. The number of anilines is 1. The van der Waals surface area contributed by atoms with Gasteiger partial charge in [-0.3, -0.25) is 4.79 Å². The second-order valence-electron chi connectivity index (χ2n) is 7.66. The van der Waals surface area contributed by atoms with Gasteiger partial charge < -0.3 is 14.6 Å². The van der Waals surface area contributed by atoms with Crippen molar-refractivity contribution < 1.29 is 13.9 Å². The van der Waals surface area contributed by atoms with Crippen molar-refractivity contribution in [2.75, 3.05) is 5.32 Å². The summed E-state index contributed by atoms with van der Waals surface area (Å²) in [7, 11) is 0. The van der Waals surface area contributed by atoms with Crippen LogP contribution in [0.1, 0.15) is 37.6 Å². The van der Waals surface area contributed by atoms with E-state index in [1.165, 1.54) is 6.07 Å². The maximum atomic E-state index is 14.4. The number of nitrogens with one attached hydrogen (secondary N) is 1. The molecular weight excluding hydrogens is 383 g/mol. The van der Waals surface area contributed by atoms with Gasteiger partial charge in [0.2, 0.25) is 0 Å². The van der Waals surface area contributed by atoms with Gasteiger partial charge in [-0.1, -0.05) is 24.1 Å². The molecule has 1 aliphatic rings. The fourth-order valence-electron chi connectivity index (χ4n) is 3.57. The van der Waals surface area contributed by atoms with E-state index in [0.717, 1.165) is 49.2 Å². The highest BCUT2D eigenvalue weighted by Crippen LogP contribution is 2.27. The highest BCUT2D eigenvalue weighted by atomic mass is 19.1. The molecule has 156 valence electrons. The molecule has 1 atom stereocenters. The van der Waals surface area contributed by atoms with E-state index in [1.807, 2.05) is 19.1 Å². The highest BCUT2D eigenvalue weighted by Gasteiger charge is 2.20. The summed E-state index contributed by atoms with van der Waals surface area (Å²) in [4.78, 5) is 12.6. The molecule has 7 heteroatoms. The lowest BCUT2D eigenvalue weighted by Crippen LogP contribution is -2.30. The molecule has 0 bridgehead atoms. The fourth-order valence-corrected chi connectivity index (χ4v) is 3.57. The van der Waals surface area contributed by atoms with Crippen LogP contribution in [0.3, 0.4) is 0 Å². The zero-order valence-electron chi connectivity index (χ0n) is 17.2. The largest absolute Gasteiger partial charge is 0.481 e. The van der Waals surface area contributed by atoms with Crippen LogP contribution in [-0.2, 0) is 17.8 Å². The number of carbonyl (C=O) groups excluding carboxylic acids is 1. The predicted octanol–water partition coefficient (Wildman–Crippen LogP) is 4.53. The molecule has 2 aromatic carbocycles. The van der Waals surface area contributed by atoms with Crippen molar-refractivity contribution in [2.45, 2.75) is 52.2 Å². The molecule has 6 nitrogen and oxygen atoms in total. The van der Waals surface area contributed by atoms with Crippen LogP contribution in [-0.4, -0.2) is 26.8 Å². The lowest BCUT2D eigenvalue weighted by atomic mass is 10.1. The number of nitrogens with zero attached hydrogens (tertiary/aromatic N) is 3.